The smallest absolute Gasteiger partial charge is 0.0575 e. The standard InChI is InChI=1S/C12H24O3/c1-2-14-8-3-9-15-12-6-4-11(10-13)5-7-12/h11-13H,2-10H2,1H3. The summed E-state index contributed by atoms with van der Waals surface area (Å²) >= 11 is 0. The van der Waals surface area contributed by atoms with Crippen molar-refractivity contribution in [3.63, 3.8) is 0 Å². The molecule has 1 fully saturated rings. The van der Waals surface area contributed by atoms with Crippen LogP contribution in [-0.4, -0.2) is 37.6 Å². The number of hydrogen-bond donors (Lipinski definition) is 1. The molecule has 1 saturated carbocycles. The molecule has 0 aromatic heterocycles. The second-order valence-corrected chi connectivity index (χ2v) is 4.25. The Morgan fingerprint density at radius 3 is 2.47 bits per heavy atom. The van der Waals surface area contributed by atoms with Crippen LogP contribution < -0.4 is 0 Å². The summed E-state index contributed by atoms with van der Waals surface area (Å²) < 4.78 is 11.0. The van der Waals surface area contributed by atoms with Gasteiger partial charge in [0.05, 0.1) is 6.10 Å². The van der Waals surface area contributed by atoms with Gasteiger partial charge in [-0.05, 0) is 44.9 Å². The van der Waals surface area contributed by atoms with E-state index in [4.69, 9.17) is 14.6 Å². The van der Waals surface area contributed by atoms with E-state index in [1.807, 2.05) is 6.92 Å². The summed E-state index contributed by atoms with van der Waals surface area (Å²) in [6, 6.07) is 0. The molecule has 15 heavy (non-hydrogen) atoms. The summed E-state index contributed by atoms with van der Waals surface area (Å²) in [4.78, 5) is 0. The number of hydrogen-bond acceptors (Lipinski definition) is 3. The summed E-state index contributed by atoms with van der Waals surface area (Å²) in [5.74, 6) is 0.522. The molecule has 0 bridgehead atoms. The van der Waals surface area contributed by atoms with Crippen LogP contribution in [0.1, 0.15) is 39.0 Å². The lowest BCUT2D eigenvalue weighted by molar-refractivity contribution is 0.00126. The lowest BCUT2D eigenvalue weighted by Crippen LogP contribution is -2.23. The molecular formula is C12H24O3. The van der Waals surface area contributed by atoms with Crippen molar-refractivity contribution in [3.05, 3.63) is 0 Å². The summed E-state index contributed by atoms with van der Waals surface area (Å²) in [5, 5.41) is 8.99. The number of aliphatic hydroxyl groups excluding tert-OH is 1. The molecule has 0 heterocycles. The molecule has 0 atom stereocenters. The molecule has 1 aliphatic carbocycles. The van der Waals surface area contributed by atoms with E-state index in [1.54, 1.807) is 0 Å². The zero-order chi connectivity index (χ0) is 10.9. The second kappa shape index (κ2) is 8.08. The van der Waals surface area contributed by atoms with Crippen LogP contribution in [0.2, 0.25) is 0 Å². The third-order valence-corrected chi connectivity index (χ3v) is 3.04. The molecule has 0 aromatic rings. The van der Waals surface area contributed by atoms with Crippen molar-refractivity contribution in [2.45, 2.75) is 45.1 Å². The fourth-order valence-corrected chi connectivity index (χ4v) is 2.04. The quantitative estimate of drug-likeness (QED) is 0.661. The highest BCUT2D eigenvalue weighted by Crippen LogP contribution is 2.25. The summed E-state index contributed by atoms with van der Waals surface area (Å²) in [5.41, 5.74) is 0. The monoisotopic (exact) mass is 216 g/mol. The minimum absolute atomic E-state index is 0.344. The lowest BCUT2D eigenvalue weighted by Gasteiger charge is -2.27. The highest BCUT2D eigenvalue weighted by Gasteiger charge is 2.20. The molecule has 1 N–H and O–H groups in total. The van der Waals surface area contributed by atoms with E-state index in [0.29, 0.717) is 18.6 Å². The first-order valence-electron chi connectivity index (χ1n) is 6.17. The molecule has 0 radical (unpaired) electrons. The van der Waals surface area contributed by atoms with Crippen LogP contribution in [0.3, 0.4) is 0 Å². The van der Waals surface area contributed by atoms with E-state index >= 15 is 0 Å². The van der Waals surface area contributed by atoms with Gasteiger partial charge in [0.2, 0.25) is 0 Å². The Kier molecular flexibility index (Phi) is 6.98. The Balaban J connectivity index is 1.94. The first kappa shape index (κ1) is 12.9. The minimum atomic E-state index is 0.344. The second-order valence-electron chi connectivity index (χ2n) is 4.25. The molecule has 1 rings (SSSR count). The van der Waals surface area contributed by atoms with Gasteiger partial charge in [0.25, 0.3) is 0 Å². The molecule has 0 unspecified atom stereocenters. The van der Waals surface area contributed by atoms with Crippen LogP contribution in [0.5, 0.6) is 0 Å². The van der Waals surface area contributed by atoms with Crippen LogP contribution >= 0.6 is 0 Å². The maximum Gasteiger partial charge on any atom is 0.0575 e. The Morgan fingerprint density at radius 1 is 1.13 bits per heavy atom. The lowest BCUT2D eigenvalue weighted by atomic mass is 9.88. The molecule has 3 nitrogen and oxygen atoms in total. The molecule has 0 saturated heterocycles. The van der Waals surface area contributed by atoms with E-state index in [9.17, 15) is 0 Å². The Bertz CT molecular complexity index is 142. The highest BCUT2D eigenvalue weighted by atomic mass is 16.5. The molecule has 1 aliphatic rings. The van der Waals surface area contributed by atoms with Gasteiger partial charge in [-0.3, -0.25) is 0 Å². The third-order valence-electron chi connectivity index (χ3n) is 3.04. The summed E-state index contributed by atoms with van der Waals surface area (Å²) in [6.45, 7) is 4.77. The Morgan fingerprint density at radius 2 is 1.87 bits per heavy atom. The molecule has 90 valence electrons. The topological polar surface area (TPSA) is 38.7 Å². The molecule has 0 aromatic carbocycles. The first-order chi connectivity index (χ1) is 7.36. The van der Waals surface area contributed by atoms with E-state index < -0.39 is 0 Å². The predicted molar refractivity (Wildman–Crippen MR) is 59.9 cm³/mol. The van der Waals surface area contributed by atoms with E-state index in [1.165, 1.54) is 0 Å². The molecule has 0 amide bonds. The van der Waals surface area contributed by atoms with Crippen LogP contribution in [0.4, 0.5) is 0 Å². The third kappa shape index (κ3) is 5.50. The first-order valence-corrected chi connectivity index (χ1v) is 6.17. The highest BCUT2D eigenvalue weighted by molar-refractivity contribution is 4.72. The SMILES string of the molecule is CCOCCCOC1CCC(CO)CC1. The van der Waals surface area contributed by atoms with E-state index in [-0.39, 0.29) is 0 Å². The zero-order valence-corrected chi connectivity index (χ0v) is 9.78. The molecular weight excluding hydrogens is 192 g/mol. The van der Waals surface area contributed by atoms with Gasteiger partial charge in [-0.15, -0.1) is 0 Å². The van der Waals surface area contributed by atoms with E-state index in [2.05, 4.69) is 0 Å². The normalized spacial score (nSPS) is 26.8. The van der Waals surface area contributed by atoms with Gasteiger partial charge in [0, 0.05) is 26.4 Å². The van der Waals surface area contributed by atoms with Gasteiger partial charge in [-0.25, -0.2) is 0 Å². The van der Waals surface area contributed by atoms with Crippen LogP contribution in [0.15, 0.2) is 0 Å². The van der Waals surface area contributed by atoms with Crippen LogP contribution in [0.25, 0.3) is 0 Å². The maximum atomic E-state index is 8.99. The van der Waals surface area contributed by atoms with Crippen molar-refractivity contribution in [3.8, 4) is 0 Å². The number of aliphatic hydroxyl groups is 1. The Labute approximate surface area is 92.8 Å². The average molecular weight is 216 g/mol. The van der Waals surface area contributed by atoms with Gasteiger partial charge in [0.1, 0.15) is 0 Å². The molecule has 0 spiro atoms. The minimum Gasteiger partial charge on any atom is -0.396 e. The van der Waals surface area contributed by atoms with Crippen molar-refractivity contribution in [2.75, 3.05) is 26.4 Å². The van der Waals surface area contributed by atoms with E-state index in [0.717, 1.165) is 51.9 Å². The number of rotatable bonds is 7. The van der Waals surface area contributed by atoms with Crippen LogP contribution in [0, 0.1) is 5.92 Å². The maximum absolute atomic E-state index is 8.99. The van der Waals surface area contributed by atoms with Crippen molar-refractivity contribution >= 4 is 0 Å². The van der Waals surface area contributed by atoms with Crippen molar-refractivity contribution in [2.24, 2.45) is 5.92 Å². The average Bonchev–Trinajstić information content (AvgIpc) is 2.30. The predicted octanol–water partition coefficient (Wildman–Crippen LogP) is 1.98. The Hall–Kier alpha value is -0.120. The van der Waals surface area contributed by atoms with Crippen LogP contribution in [-0.2, 0) is 9.47 Å². The summed E-state index contributed by atoms with van der Waals surface area (Å²) in [7, 11) is 0. The van der Waals surface area contributed by atoms with Crippen molar-refractivity contribution in [1.29, 1.82) is 0 Å². The van der Waals surface area contributed by atoms with Gasteiger partial charge < -0.3 is 14.6 Å². The van der Waals surface area contributed by atoms with Gasteiger partial charge >= 0.3 is 0 Å². The van der Waals surface area contributed by atoms with Gasteiger partial charge in [-0.1, -0.05) is 0 Å². The van der Waals surface area contributed by atoms with Gasteiger partial charge in [0.15, 0.2) is 0 Å². The fourth-order valence-electron chi connectivity index (χ4n) is 2.04. The zero-order valence-electron chi connectivity index (χ0n) is 9.78. The molecule has 3 heteroatoms. The largest absolute Gasteiger partial charge is 0.396 e. The number of ether oxygens (including phenoxy) is 2. The fraction of sp³-hybridized carbons (Fsp3) is 1.00. The molecule has 0 aliphatic heterocycles. The summed E-state index contributed by atoms with van der Waals surface area (Å²) in [6.07, 6.45) is 5.88. The van der Waals surface area contributed by atoms with Crippen molar-refractivity contribution in [1.82, 2.24) is 0 Å². The van der Waals surface area contributed by atoms with Gasteiger partial charge in [-0.2, -0.15) is 0 Å². The van der Waals surface area contributed by atoms with Crippen molar-refractivity contribution < 1.29 is 14.6 Å².